The fourth-order valence-corrected chi connectivity index (χ4v) is 2.29. The van der Waals surface area contributed by atoms with Crippen molar-refractivity contribution in [2.75, 3.05) is 0 Å². The second-order valence-corrected chi connectivity index (χ2v) is 7.52. The van der Waals surface area contributed by atoms with Crippen molar-refractivity contribution >= 4 is 24.0 Å². The molecule has 0 aliphatic carbocycles. The highest BCUT2D eigenvalue weighted by Crippen LogP contribution is 2.06. The van der Waals surface area contributed by atoms with Crippen molar-refractivity contribution in [1.29, 1.82) is 0 Å². The molecule has 0 spiro atoms. The number of carbonyl (C=O) groups excluding carboxylic acids is 4. The zero-order chi connectivity index (χ0) is 20.4. The first-order valence-electron chi connectivity index (χ1n) is 9.02. The maximum absolute atomic E-state index is 12.5. The Morgan fingerprint density at radius 1 is 0.808 bits per heavy atom. The molecule has 0 aromatic heterocycles. The summed E-state index contributed by atoms with van der Waals surface area (Å²) in [5.41, 5.74) is 5.53. The lowest BCUT2D eigenvalue weighted by Gasteiger charge is -2.24. The molecule has 149 valence electrons. The normalized spacial score (nSPS) is 15.7. The van der Waals surface area contributed by atoms with Crippen LogP contribution in [0.15, 0.2) is 0 Å². The largest absolute Gasteiger partial charge is 0.344 e. The predicted octanol–water partition coefficient (Wildman–Crippen LogP) is 0.00980. The Morgan fingerprint density at radius 3 is 1.77 bits per heavy atom. The van der Waals surface area contributed by atoms with E-state index in [9.17, 15) is 19.2 Å². The van der Waals surface area contributed by atoms with E-state index in [0.717, 1.165) is 0 Å². The van der Waals surface area contributed by atoms with Gasteiger partial charge in [-0.1, -0.05) is 27.7 Å². The van der Waals surface area contributed by atoms with Crippen LogP contribution in [0.5, 0.6) is 0 Å². The quantitative estimate of drug-likeness (QED) is 0.407. The molecule has 8 nitrogen and oxygen atoms in total. The Bertz CT molecular complexity index is 492. The maximum atomic E-state index is 12.5. The lowest BCUT2D eigenvalue weighted by molar-refractivity contribution is -0.132. The fraction of sp³-hybridized carbons (Fsp3) is 0.778. The van der Waals surface area contributed by atoms with Gasteiger partial charge in [0.05, 0.1) is 12.1 Å². The molecule has 0 aliphatic heterocycles. The summed E-state index contributed by atoms with van der Waals surface area (Å²) in [4.78, 5) is 47.4. The third-order valence-corrected chi connectivity index (χ3v) is 3.67. The molecule has 0 aromatic carbocycles. The lowest BCUT2D eigenvalue weighted by Crippen LogP contribution is -2.55. The highest BCUT2D eigenvalue weighted by molar-refractivity contribution is 5.93. The third kappa shape index (κ3) is 9.50. The molecule has 0 aromatic rings. The van der Waals surface area contributed by atoms with E-state index in [2.05, 4.69) is 16.0 Å². The van der Waals surface area contributed by atoms with Crippen LogP contribution in [0.1, 0.15) is 54.4 Å². The average molecular weight is 369 g/mol. The molecule has 1 radical (unpaired) electrons. The van der Waals surface area contributed by atoms with Crippen LogP contribution in [-0.2, 0) is 19.2 Å². The van der Waals surface area contributed by atoms with E-state index in [1.165, 1.54) is 13.8 Å². The molecule has 0 aliphatic rings. The van der Waals surface area contributed by atoms with Gasteiger partial charge in [0.1, 0.15) is 12.1 Å². The van der Waals surface area contributed by atoms with E-state index in [1.807, 2.05) is 27.7 Å². The van der Waals surface area contributed by atoms with E-state index in [-0.39, 0.29) is 11.8 Å². The number of hydrogen-bond donors (Lipinski definition) is 4. The van der Waals surface area contributed by atoms with E-state index in [1.54, 1.807) is 6.29 Å². The molecule has 4 atom stereocenters. The minimum atomic E-state index is -0.854. The summed E-state index contributed by atoms with van der Waals surface area (Å²) in [6.45, 7) is 10.7. The SMILES string of the molecule is CC(C)CC([C]=O)NC(=O)C(C)NC(=O)C(CC(C)C)NC(=O)C(C)N. The van der Waals surface area contributed by atoms with Gasteiger partial charge >= 0.3 is 0 Å². The van der Waals surface area contributed by atoms with Crippen LogP contribution in [0.3, 0.4) is 0 Å². The summed E-state index contributed by atoms with van der Waals surface area (Å²) in [6, 6.07) is -3.09. The molecule has 0 saturated carbocycles. The Morgan fingerprint density at radius 2 is 1.35 bits per heavy atom. The first kappa shape index (κ1) is 24.0. The molecule has 3 amide bonds. The van der Waals surface area contributed by atoms with Crippen molar-refractivity contribution in [2.45, 2.75) is 78.6 Å². The molecule has 5 N–H and O–H groups in total. The Labute approximate surface area is 156 Å². The van der Waals surface area contributed by atoms with E-state index in [4.69, 9.17) is 5.73 Å². The molecular weight excluding hydrogens is 336 g/mol. The molecule has 0 saturated heterocycles. The monoisotopic (exact) mass is 369 g/mol. The summed E-state index contributed by atoms with van der Waals surface area (Å²) in [6.07, 6.45) is 2.68. The molecule has 0 rings (SSSR count). The van der Waals surface area contributed by atoms with Gasteiger partial charge in [0.25, 0.3) is 0 Å². The van der Waals surface area contributed by atoms with Crippen LogP contribution in [-0.4, -0.2) is 48.2 Å². The standard InChI is InChI=1S/C18H33N4O4/c1-10(2)7-14(9-23)21-17(25)13(6)20-18(26)15(8-11(3)4)22-16(24)12(5)19/h10-15H,7-8,19H2,1-6H3,(H,20,26)(H,21,25)(H,22,24). The molecule has 4 unspecified atom stereocenters. The van der Waals surface area contributed by atoms with Gasteiger partial charge in [0.15, 0.2) is 0 Å². The lowest BCUT2D eigenvalue weighted by atomic mass is 10.0. The van der Waals surface area contributed by atoms with Crippen LogP contribution in [0.4, 0.5) is 0 Å². The van der Waals surface area contributed by atoms with Crippen molar-refractivity contribution in [2.24, 2.45) is 17.6 Å². The number of rotatable bonds is 11. The highest BCUT2D eigenvalue weighted by atomic mass is 16.2. The van der Waals surface area contributed by atoms with Gasteiger partial charge in [-0.3, -0.25) is 19.2 Å². The first-order chi connectivity index (χ1) is 12.0. The third-order valence-electron chi connectivity index (χ3n) is 3.67. The maximum Gasteiger partial charge on any atom is 0.243 e. The summed E-state index contributed by atoms with van der Waals surface area (Å²) in [5, 5.41) is 7.73. The van der Waals surface area contributed by atoms with E-state index in [0.29, 0.717) is 12.8 Å². The van der Waals surface area contributed by atoms with Gasteiger partial charge in [-0.25, -0.2) is 0 Å². The van der Waals surface area contributed by atoms with Crippen molar-refractivity contribution in [3.8, 4) is 0 Å². The number of nitrogens with one attached hydrogen (secondary N) is 3. The summed E-state index contributed by atoms with van der Waals surface area (Å²) < 4.78 is 0. The molecule has 0 heterocycles. The second-order valence-electron chi connectivity index (χ2n) is 7.52. The number of amides is 3. The first-order valence-corrected chi connectivity index (χ1v) is 9.02. The molecule has 0 bridgehead atoms. The van der Waals surface area contributed by atoms with Gasteiger partial charge < -0.3 is 21.7 Å². The van der Waals surface area contributed by atoms with Crippen molar-refractivity contribution in [3.05, 3.63) is 0 Å². The zero-order valence-electron chi connectivity index (χ0n) is 16.6. The Balaban J connectivity index is 4.85. The molecule has 0 fully saturated rings. The van der Waals surface area contributed by atoms with Crippen LogP contribution in [0.2, 0.25) is 0 Å². The van der Waals surface area contributed by atoms with Crippen molar-refractivity contribution in [1.82, 2.24) is 16.0 Å². The average Bonchev–Trinajstić information content (AvgIpc) is 2.51. The molecule has 8 heteroatoms. The van der Waals surface area contributed by atoms with E-state index >= 15 is 0 Å². The molecule has 26 heavy (non-hydrogen) atoms. The Kier molecular flexibility index (Phi) is 10.7. The minimum Gasteiger partial charge on any atom is -0.344 e. The van der Waals surface area contributed by atoms with Crippen LogP contribution >= 0.6 is 0 Å². The number of carbonyl (C=O) groups is 3. The predicted molar refractivity (Wildman–Crippen MR) is 99.7 cm³/mol. The van der Waals surface area contributed by atoms with Gasteiger partial charge in [-0.05, 0) is 38.5 Å². The van der Waals surface area contributed by atoms with E-state index < -0.39 is 41.9 Å². The van der Waals surface area contributed by atoms with Crippen molar-refractivity contribution in [3.63, 3.8) is 0 Å². The van der Waals surface area contributed by atoms with Crippen LogP contribution in [0.25, 0.3) is 0 Å². The molecular formula is C18H33N4O4. The topological polar surface area (TPSA) is 130 Å². The van der Waals surface area contributed by atoms with Gasteiger partial charge in [0, 0.05) is 0 Å². The summed E-state index contributed by atoms with van der Waals surface area (Å²) >= 11 is 0. The smallest absolute Gasteiger partial charge is 0.243 e. The number of nitrogens with two attached hydrogens (primary N) is 1. The van der Waals surface area contributed by atoms with Gasteiger partial charge in [-0.15, -0.1) is 0 Å². The van der Waals surface area contributed by atoms with Crippen LogP contribution in [0, 0.1) is 11.8 Å². The summed E-state index contributed by atoms with van der Waals surface area (Å²) in [5.74, 6) is -1.01. The van der Waals surface area contributed by atoms with Gasteiger partial charge in [-0.2, -0.15) is 0 Å². The van der Waals surface area contributed by atoms with Crippen molar-refractivity contribution < 1.29 is 19.2 Å². The summed E-state index contributed by atoms with van der Waals surface area (Å²) in [7, 11) is 0. The van der Waals surface area contributed by atoms with Crippen LogP contribution < -0.4 is 21.7 Å². The van der Waals surface area contributed by atoms with Gasteiger partial charge in [0.2, 0.25) is 24.0 Å². The minimum absolute atomic E-state index is 0.156. The second kappa shape index (κ2) is 11.6. The zero-order valence-corrected chi connectivity index (χ0v) is 16.6. The highest BCUT2D eigenvalue weighted by Gasteiger charge is 2.27. The Hall–Kier alpha value is -1.96. The number of hydrogen-bond acceptors (Lipinski definition) is 5. The fourth-order valence-electron chi connectivity index (χ4n) is 2.29.